The fourth-order valence-electron chi connectivity index (χ4n) is 1.12. The maximum absolute atomic E-state index is 11.6. The third kappa shape index (κ3) is 2.59. The second-order valence-electron chi connectivity index (χ2n) is 3.17. The van der Waals surface area contributed by atoms with Gasteiger partial charge in [-0.15, -0.1) is 0 Å². The van der Waals surface area contributed by atoms with Crippen molar-refractivity contribution in [1.82, 2.24) is 4.57 Å². The first-order valence-corrected chi connectivity index (χ1v) is 5.09. The van der Waals surface area contributed by atoms with Crippen LogP contribution in [0.1, 0.15) is 12.0 Å². The summed E-state index contributed by atoms with van der Waals surface area (Å²) in [6.45, 7) is 1.85. The van der Waals surface area contributed by atoms with Crippen molar-refractivity contribution < 1.29 is 9.90 Å². The van der Waals surface area contributed by atoms with Gasteiger partial charge in [0.25, 0.3) is 5.56 Å². The van der Waals surface area contributed by atoms with Crippen molar-refractivity contribution in [3.63, 3.8) is 0 Å². The molecule has 1 heterocycles. The molecule has 1 aromatic heterocycles. The summed E-state index contributed by atoms with van der Waals surface area (Å²) in [5.41, 5.74) is 6.54. The van der Waals surface area contributed by atoms with Gasteiger partial charge in [-0.1, -0.05) is 0 Å². The molecule has 3 N–H and O–H groups in total. The predicted octanol–water partition coefficient (Wildman–Crippen LogP) is 0.976. The number of pyridine rings is 1. The summed E-state index contributed by atoms with van der Waals surface area (Å²) in [7, 11) is 0. The Morgan fingerprint density at radius 2 is 2.27 bits per heavy atom. The monoisotopic (exact) mass is 274 g/mol. The van der Waals surface area contributed by atoms with Gasteiger partial charge in [0.1, 0.15) is 0 Å². The van der Waals surface area contributed by atoms with Crippen molar-refractivity contribution in [2.45, 2.75) is 19.9 Å². The average Bonchev–Trinajstić information content (AvgIpc) is 2.18. The Kier molecular flexibility index (Phi) is 3.52. The van der Waals surface area contributed by atoms with Crippen molar-refractivity contribution in [3.05, 3.63) is 26.6 Å². The molecule has 15 heavy (non-hydrogen) atoms. The summed E-state index contributed by atoms with van der Waals surface area (Å²) in [5.74, 6) is -0.947. The first-order chi connectivity index (χ1) is 6.93. The molecule has 0 atom stereocenters. The smallest absolute Gasteiger partial charge is 0.305 e. The van der Waals surface area contributed by atoms with E-state index in [1.54, 1.807) is 6.92 Å². The van der Waals surface area contributed by atoms with Gasteiger partial charge in [-0.25, -0.2) is 0 Å². The number of hydrogen-bond donors (Lipinski definition) is 2. The Morgan fingerprint density at radius 1 is 1.67 bits per heavy atom. The Balaban J connectivity index is 3.10. The summed E-state index contributed by atoms with van der Waals surface area (Å²) >= 11 is 3.13. The van der Waals surface area contributed by atoms with Gasteiger partial charge in [0, 0.05) is 12.7 Å². The van der Waals surface area contributed by atoms with Crippen molar-refractivity contribution in [1.29, 1.82) is 0 Å². The fraction of sp³-hybridized carbons (Fsp3) is 0.333. The first-order valence-electron chi connectivity index (χ1n) is 4.30. The summed E-state index contributed by atoms with van der Waals surface area (Å²) < 4.78 is 1.67. The molecule has 5 nitrogen and oxygen atoms in total. The molecule has 0 aliphatic rings. The molecule has 0 saturated heterocycles. The number of nitrogen functional groups attached to an aromatic ring is 1. The van der Waals surface area contributed by atoms with E-state index in [1.165, 1.54) is 10.8 Å². The molecule has 6 heteroatoms. The standard InChI is InChI=1S/C9H11BrN2O3/c1-5-6(11)4-12(3-2-7(13)14)9(15)8(5)10/h4H,2-3,11H2,1H3,(H,13,14). The van der Waals surface area contributed by atoms with Gasteiger partial charge < -0.3 is 15.4 Å². The Morgan fingerprint density at radius 3 is 2.80 bits per heavy atom. The molecule has 0 amide bonds. The minimum Gasteiger partial charge on any atom is -0.481 e. The van der Waals surface area contributed by atoms with Crippen molar-refractivity contribution in [2.24, 2.45) is 0 Å². The van der Waals surface area contributed by atoms with Crippen LogP contribution < -0.4 is 11.3 Å². The third-order valence-corrected chi connectivity index (χ3v) is 3.01. The lowest BCUT2D eigenvalue weighted by Gasteiger charge is -2.08. The number of aryl methyl sites for hydroxylation is 1. The summed E-state index contributed by atoms with van der Waals surface area (Å²) in [6.07, 6.45) is 1.36. The number of anilines is 1. The van der Waals surface area contributed by atoms with E-state index < -0.39 is 5.97 Å². The summed E-state index contributed by atoms with van der Waals surface area (Å²) in [5, 5.41) is 8.50. The SMILES string of the molecule is Cc1c(N)cn(CCC(=O)O)c(=O)c1Br. The van der Waals surface area contributed by atoms with E-state index in [1.807, 2.05) is 0 Å². The molecule has 0 aliphatic carbocycles. The number of nitrogens with zero attached hydrogens (tertiary/aromatic N) is 1. The van der Waals surface area contributed by atoms with Crippen LogP contribution >= 0.6 is 15.9 Å². The van der Waals surface area contributed by atoms with Crippen LogP contribution in [-0.4, -0.2) is 15.6 Å². The van der Waals surface area contributed by atoms with Crippen LogP contribution in [0.25, 0.3) is 0 Å². The van der Waals surface area contributed by atoms with Gasteiger partial charge in [-0.3, -0.25) is 9.59 Å². The second-order valence-corrected chi connectivity index (χ2v) is 3.96. The molecule has 1 aromatic rings. The molecule has 0 unspecified atom stereocenters. The Hall–Kier alpha value is -1.30. The van der Waals surface area contributed by atoms with Crippen LogP contribution in [0.4, 0.5) is 5.69 Å². The number of rotatable bonds is 3. The quantitative estimate of drug-likeness (QED) is 0.860. The summed E-state index contributed by atoms with van der Waals surface area (Å²) in [4.78, 5) is 22.0. The second kappa shape index (κ2) is 4.48. The highest BCUT2D eigenvalue weighted by Gasteiger charge is 2.08. The van der Waals surface area contributed by atoms with Gasteiger partial charge in [0.15, 0.2) is 0 Å². The zero-order valence-corrected chi connectivity index (χ0v) is 9.74. The number of carbonyl (C=O) groups is 1. The first kappa shape index (κ1) is 11.8. The number of hydrogen-bond acceptors (Lipinski definition) is 3. The highest BCUT2D eigenvalue weighted by atomic mass is 79.9. The molecule has 0 radical (unpaired) electrons. The number of carboxylic acid groups (broad SMARTS) is 1. The largest absolute Gasteiger partial charge is 0.481 e. The highest BCUT2D eigenvalue weighted by Crippen LogP contribution is 2.16. The molecular weight excluding hydrogens is 264 g/mol. The van der Waals surface area contributed by atoms with Crippen LogP contribution in [0.5, 0.6) is 0 Å². The lowest BCUT2D eigenvalue weighted by molar-refractivity contribution is -0.137. The molecule has 0 aliphatic heterocycles. The van der Waals surface area contributed by atoms with E-state index in [-0.39, 0.29) is 18.5 Å². The van der Waals surface area contributed by atoms with E-state index in [2.05, 4.69) is 15.9 Å². The molecule has 0 bridgehead atoms. The van der Waals surface area contributed by atoms with E-state index in [9.17, 15) is 9.59 Å². The molecule has 1 rings (SSSR count). The predicted molar refractivity (Wildman–Crippen MR) is 59.8 cm³/mol. The fourth-order valence-corrected chi connectivity index (χ4v) is 1.58. The maximum Gasteiger partial charge on any atom is 0.305 e. The molecule has 0 aromatic carbocycles. The molecule has 0 spiro atoms. The van der Waals surface area contributed by atoms with Crippen LogP contribution in [0.15, 0.2) is 15.5 Å². The normalized spacial score (nSPS) is 10.3. The highest BCUT2D eigenvalue weighted by molar-refractivity contribution is 9.10. The molecule has 0 saturated carbocycles. The van der Waals surface area contributed by atoms with Crippen molar-refractivity contribution >= 4 is 27.6 Å². The Labute approximate surface area is 94.6 Å². The zero-order valence-electron chi connectivity index (χ0n) is 8.16. The number of carboxylic acids is 1. The molecular formula is C9H11BrN2O3. The van der Waals surface area contributed by atoms with Gasteiger partial charge in [0.2, 0.25) is 0 Å². The van der Waals surface area contributed by atoms with E-state index in [0.29, 0.717) is 15.7 Å². The topological polar surface area (TPSA) is 85.3 Å². The van der Waals surface area contributed by atoms with Gasteiger partial charge in [0.05, 0.1) is 16.6 Å². The van der Waals surface area contributed by atoms with E-state index in [0.717, 1.165) is 0 Å². The minimum absolute atomic E-state index is 0.102. The van der Waals surface area contributed by atoms with Crippen molar-refractivity contribution in [3.8, 4) is 0 Å². The number of aromatic nitrogens is 1. The van der Waals surface area contributed by atoms with Crippen LogP contribution in [0.3, 0.4) is 0 Å². The average molecular weight is 275 g/mol. The molecule has 82 valence electrons. The summed E-state index contributed by atoms with van der Waals surface area (Å²) in [6, 6.07) is 0. The van der Waals surface area contributed by atoms with E-state index >= 15 is 0 Å². The third-order valence-electron chi connectivity index (χ3n) is 2.07. The van der Waals surface area contributed by atoms with Crippen LogP contribution in [-0.2, 0) is 11.3 Å². The maximum atomic E-state index is 11.6. The zero-order chi connectivity index (χ0) is 11.6. The number of aliphatic carboxylic acids is 1. The lowest BCUT2D eigenvalue weighted by atomic mass is 10.2. The lowest BCUT2D eigenvalue weighted by Crippen LogP contribution is -2.23. The molecule has 0 fully saturated rings. The van der Waals surface area contributed by atoms with E-state index in [4.69, 9.17) is 10.8 Å². The van der Waals surface area contributed by atoms with Gasteiger partial charge in [-0.05, 0) is 28.4 Å². The van der Waals surface area contributed by atoms with Gasteiger partial charge >= 0.3 is 5.97 Å². The number of halogens is 1. The number of nitrogens with two attached hydrogens (primary N) is 1. The minimum atomic E-state index is -0.947. The van der Waals surface area contributed by atoms with Crippen LogP contribution in [0, 0.1) is 6.92 Å². The van der Waals surface area contributed by atoms with Crippen molar-refractivity contribution in [2.75, 3.05) is 5.73 Å². The van der Waals surface area contributed by atoms with Crippen LogP contribution in [0.2, 0.25) is 0 Å². The van der Waals surface area contributed by atoms with Gasteiger partial charge in [-0.2, -0.15) is 0 Å². The Bertz CT molecular complexity index is 453.